The number of hydrogen-bond donors (Lipinski definition) is 3. The second kappa shape index (κ2) is 5.90. The Balaban J connectivity index is 2.66. The Bertz CT molecular complexity index is 353. The molecular formula is C14H25NO4. The maximum Gasteiger partial charge on any atom is 0.309 e. The zero-order valence-corrected chi connectivity index (χ0v) is 12.0. The topological polar surface area (TPSA) is 86.6 Å². The largest absolute Gasteiger partial charge is 0.481 e. The molecule has 0 bridgehead atoms. The minimum absolute atomic E-state index is 0.0710. The average molecular weight is 271 g/mol. The molecule has 0 heterocycles. The van der Waals surface area contributed by atoms with Crippen molar-refractivity contribution >= 4 is 11.9 Å². The summed E-state index contributed by atoms with van der Waals surface area (Å²) in [5, 5.41) is 21.5. The summed E-state index contributed by atoms with van der Waals surface area (Å²) in [6.07, 6.45) is 3.52. The summed E-state index contributed by atoms with van der Waals surface area (Å²) in [5.41, 5.74) is -1.65. The van der Waals surface area contributed by atoms with Crippen molar-refractivity contribution in [1.82, 2.24) is 5.32 Å². The molecule has 1 amide bonds. The number of aliphatic hydroxyl groups is 1. The van der Waals surface area contributed by atoms with Gasteiger partial charge in [0.25, 0.3) is 0 Å². The van der Waals surface area contributed by atoms with Gasteiger partial charge in [0.15, 0.2) is 0 Å². The van der Waals surface area contributed by atoms with Crippen molar-refractivity contribution in [3.05, 3.63) is 0 Å². The highest BCUT2D eigenvalue weighted by molar-refractivity contribution is 5.84. The van der Waals surface area contributed by atoms with Gasteiger partial charge in [0.05, 0.1) is 17.6 Å². The third-order valence-corrected chi connectivity index (χ3v) is 3.98. The molecule has 19 heavy (non-hydrogen) atoms. The van der Waals surface area contributed by atoms with Gasteiger partial charge in [-0.3, -0.25) is 9.59 Å². The lowest BCUT2D eigenvalue weighted by Gasteiger charge is -2.39. The van der Waals surface area contributed by atoms with Gasteiger partial charge in [0.2, 0.25) is 5.91 Å². The minimum atomic E-state index is -1.08. The Labute approximate surface area is 114 Å². The van der Waals surface area contributed by atoms with Crippen molar-refractivity contribution < 1.29 is 19.8 Å². The molecule has 0 spiro atoms. The number of hydrogen-bond acceptors (Lipinski definition) is 3. The van der Waals surface area contributed by atoms with Crippen molar-refractivity contribution in [3.8, 4) is 0 Å². The Morgan fingerprint density at radius 2 is 2.05 bits per heavy atom. The van der Waals surface area contributed by atoms with Crippen molar-refractivity contribution in [1.29, 1.82) is 0 Å². The number of rotatable bonds is 5. The quantitative estimate of drug-likeness (QED) is 0.708. The second-order valence-electron chi connectivity index (χ2n) is 6.55. The zero-order valence-electron chi connectivity index (χ0n) is 12.0. The van der Waals surface area contributed by atoms with E-state index in [-0.39, 0.29) is 18.9 Å². The van der Waals surface area contributed by atoms with Crippen LogP contribution in [0.1, 0.15) is 52.9 Å². The second-order valence-corrected chi connectivity index (χ2v) is 6.55. The number of nitrogens with one attached hydrogen (secondary N) is 1. The molecule has 110 valence electrons. The van der Waals surface area contributed by atoms with Crippen LogP contribution in [0.5, 0.6) is 0 Å². The van der Waals surface area contributed by atoms with Crippen LogP contribution in [0.25, 0.3) is 0 Å². The Kier molecular flexibility index (Phi) is 4.96. The van der Waals surface area contributed by atoms with Gasteiger partial charge in [-0.15, -0.1) is 0 Å². The maximum atomic E-state index is 12.0. The molecule has 5 heteroatoms. The van der Waals surface area contributed by atoms with E-state index in [9.17, 15) is 14.7 Å². The molecule has 1 rings (SSSR count). The van der Waals surface area contributed by atoms with E-state index in [2.05, 4.69) is 12.2 Å². The summed E-state index contributed by atoms with van der Waals surface area (Å²) in [6, 6.07) is 0. The minimum Gasteiger partial charge on any atom is -0.481 e. The van der Waals surface area contributed by atoms with E-state index in [1.165, 1.54) is 13.8 Å². The molecule has 2 unspecified atom stereocenters. The number of carboxylic acid groups (broad SMARTS) is 1. The smallest absolute Gasteiger partial charge is 0.309 e. The lowest BCUT2D eigenvalue weighted by molar-refractivity contribution is -0.150. The Hall–Kier alpha value is -1.10. The third kappa shape index (κ3) is 4.20. The summed E-state index contributed by atoms with van der Waals surface area (Å²) in [4.78, 5) is 23.0. The van der Waals surface area contributed by atoms with Gasteiger partial charge in [0.1, 0.15) is 0 Å². The summed E-state index contributed by atoms with van der Waals surface area (Å²) in [7, 11) is 0. The van der Waals surface area contributed by atoms with Gasteiger partial charge < -0.3 is 15.5 Å². The van der Waals surface area contributed by atoms with Gasteiger partial charge in [-0.1, -0.05) is 19.8 Å². The highest BCUT2D eigenvalue weighted by Gasteiger charge is 2.38. The summed E-state index contributed by atoms with van der Waals surface area (Å²) in [6.45, 7) is 5.08. The standard InChI is InChI=1S/C14H25NO4/c1-10-5-4-6-14(7-10,9-16)15-11(17)8-13(2,3)12(18)19/h10,16H,4-9H2,1-3H3,(H,15,17)(H,18,19). The van der Waals surface area contributed by atoms with Crippen molar-refractivity contribution in [2.24, 2.45) is 11.3 Å². The highest BCUT2D eigenvalue weighted by Crippen LogP contribution is 2.32. The van der Waals surface area contributed by atoms with Gasteiger partial charge in [-0.2, -0.15) is 0 Å². The van der Waals surface area contributed by atoms with E-state index < -0.39 is 16.9 Å². The van der Waals surface area contributed by atoms with E-state index in [0.717, 1.165) is 25.7 Å². The SMILES string of the molecule is CC1CCCC(CO)(NC(=O)CC(C)(C)C(=O)O)C1. The first-order valence-electron chi connectivity index (χ1n) is 6.86. The van der Waals surface area contributed by atoms with Crippen LogP contribution in [0.2, 0.25) is 0 Å². The van der Waals surface area contributed by atoms with Gasteiger partial charge >= 0.3 is 5.97 Å². The van der Waals surface area contributed by atoms with Crippen molar-refractivity contribution in [2.75, 3.05) is 6.61 Å². The molecule has 1 fully saturated rings. The first kappa shape index (κ1) is 16.0. The van der Waals surface area contributed by atoms with Crippen LogP contribution in [0.4, 0.5) is 0 Å². The van der Waals surface area contributed by atoms with Crippen molar-refractivity contribution in [3.63, 3.8) is 0 Å². The van der Waals surface area contributed by atoms with Crippen LogP contribution < -0.4 is 5.32 Å². The fourth-order valence-electron chi connectivity index (χ4n) is 2.77. The van der Waals surface area contributed by atoms with E-state index >= 15 is 0 Å². The zero-order chi connectivity index (χ0) is 14.7. The molecule has 0 saturated heterocycles. The lowest BCUT2D eigenvalue weighted by atomic mass is 9.76. The van der Waals surface area contributed by atoms with E-state index in [4.69, 9.17) is 5.11 Å². The van der Waals surface area contributed by atoms with Crippen LogP contribution in [0.3, 0.4) is 0 Å². The summed E-state index contributed by atoms with van der Waals surface area (Å²) in [5.74, 6) is -0.818. The maximum absolute atomic E-state index is 12.0. The molecule has 0 aliphatic heterocycles. The Morgan fingerprint density at radius 3 is 2.53 bits per heavy atom. The number of carbonyl (C=O) groups excluding carboxylic acids is 1. The van der Waals surface area contributed by atoms with Crippen LogP contribution >= 0.6 is 0 Å². The number of aliphatic hydroxyl groups excluding tert-OH is 1. The average Bonchev–Trinajstić information content (AvgIpc) is 2.27. The molecule has 2 atom stereocenters. The van der Waals surface area contributed by atoms with Gasteiger partial charge in [-0.25, -0.2) is 0 Å². The number of aliphatic carboxylic acids is 1. The molecular weight excluding hydrogens is 246 g/mol. The van der Waals surface area contributed by atoms with Crippen LogP contribution in [0.15, 0.2) is 0 Å². The normalized spacial score (nSPS) is 27.9. The first-order chi connectivity index (χ1) is 8.71. The molecule has 1 aliphatic rings. The lowest BCUT2D eigenvalue weighted by Crippen LogP contribution is -2.54. The highest BCUT2D eigenvalue weighted by atomic mass is 16.4. The molecule has 0 aromatic heterocycles. The molecule has 1 saturated carbocycles. The van der Waals surface area contributed by atoms with E-state index in [0.29, 0.717) is 5.92 Å². The van der Waals surface area contributed by atoms with Crippen molar-refractivity contribution in [2.45, 2.75) is 58.4 Å². The monoisotopic (exact) mass is 271 g/mol. The fourth-order valence-corrected chi connectivity index (χ4v) is 2.77. The van der Waals surface area contributed by atoms with Gasteiger partial charge in [0, 0.05) is 6.42 Å². The number of carbonyl (C=O) groups is 2. The molecule has 0 radical (unpaired) electrons. The van der Waals surface area contributed by atoms with Crippen LogP contribution in [-0.4, -0.2) is 34.2 Å². The van der Waals surface area contributed by atoms with Crippen LogP contribution in [-0.2, 0) is 9.59 Å². The molecule has 0 aromatic rings. The molecule has 3 N–H and O–H groups in total. The molecule has 0 aromatic carbocycles. The van der Waals surface area contributed by atoms with E-state index in [1.54, 1.807) is 0 Å². The number of carboxylic acids is 1. The predicted octanol–water partition coefficient (Wildman–Crippen LogP) is 1.54. The molecule has 1 aliphatic carbocycles. The van der Waals surface area contributed by atoms with Crippen LogP contribution in [0, 0.1) is 11.3 Å². The Morgan fingerprint density at radius 1 is 1.42 bits per heavy atom. The predicted molar refractivity (Wildman–Crippen MR) is 71.6 cm³/mol. The third-order valence-electron chi connectivity index (χ3n) is 3.98. The van der Waals surface area contributed by atoms with Gasteiger partial charge in [-0.05, 0) is 32.6 Å². The fraction of sp³-hybridized carbons (Fsp3) is 0.857. The summed E-state index contributed by atoms with van der Waals surface area (Å²) >= 11 is 0. The number of amides is 1. The molecule has 5 nitrogen and oxygen atoms in total. The first-order valence-corrected chi connectivity index (χ1v) is 6.86. The summed E-state index contributed by atoms with van der Waals surface area (Å²) < 4.78 is 0. The van der Waals surface area contributed by atoms with E-state index in [1.807, 2.05) is 0 Å².